The molecule has 0 heterocycles. The minimum Gasteiger partial charge on any atom is -0.298 e. The van der Waals surface area contributed by atoms with E-state index < -0.39 is 5.54 Å². The molecule has 102 valence electrons. The molecule has 2 aromatic carbocycles. The Balaban J connectivity index is 2.21. The van der Waals surface area contributed by atoms with Gasteiger partial charge in [0.05, 0.1) is 6.07 Å². The summed E-state index contributed by atoms with van der Waals surface area (Å²) in [6.07, 6.45) is 0. The second kappa shape index (κ2) is 6.81. The first-order chi connectivity index (χ1) is 9.70. The molecule has 1 N–H and O–H groups in total. The van der Waals surface area contributed by atoms with Gasteiger partial charge in [-0.2, -0.15) is 5.26 Å². The predicted octanol–water partition coefficient (Wildman–Crippen LogP) is 4.07. The summed E-state index contributed by atoms with van der Waals surface area (Å²) in [6, 6.07) is 19.9. The first-order valence-corrected chi connectivity index (χ1v) is 7.60. The Morgan fingerprint density at radius 2 is 1.95 bits per heavy atom. The number of rotatable bonds is 5. The van der Waals surface area contributed by atoms with Crippen LogP contribution in [0.3, 0.4) is 0 Å². The van der Waals surface area contributed by atoms with E-state index in [9.17, 15) is 5.26 Å². The van der Waals surface area contributed by atoms with Crippen molar-refractivity contribution < 1.29 is 0 Å². The summed E-state index contributed by atoms with van der Waals surface area (Å²) in [5.74, 6) is 0.615. The van der Waals surface area contributed by atoms with E-state index in [-0.39, 0.29) is 0 Å². The van der Waals surface area contributed by atoms with Crippen LogP contribution in [0.25, 0.3) is 0 Å². The van der Waals surface area contributed by atoms with Crippen LogP contribution in [0.1, 0.15) is 5.56 Å². The van der Waals surface area contributed by atoms with Crippen LogP contribution in [0.2, 0.25) is 5.02 Å². The summed E-state index contributed by atoms with van der Waals surface area (Å²) >= 11 is 7.60. The number of hydrogen-bond acceptors (Lipinski definition) is 3. The number of nitrogens with zero attached hydrogens (tertiary/aromatic N) is 1. The van der Waals surface area contributed by atoms with Crippen molar-refractivity contribution in [3.8, 4) is 6.07 Å². The highest BCUT2D eigenvalue weighted by molar-refractivity contribution is 7.99. The van der Waals surface area contributed by atoms with E-state index in [1.807, 2.05) is 61.6 Å². The Bertz CT molecular complexity index is 609. The van der Waals surface area contributed by atoms with E-state index in [1.165, 1.54) is 0 Å². The molecule has 2 rings (SSSR count). The molecule has 2 aromatic rings. The molecule has 0 fully saturated rings. The van der Waals surface area contributed by atoms with Gasteiger partial charge in [-0.05, 0) is 30.8 Å². The Hall–Kier alpha value is -1.47. The summed E-state index contributed by atoms with van der Waals surface area (Å²) in [4.78, 5) is 1.06. The number of thioether (sulfide) groups is 1. The van der Waals surface area contributed by atoms with Gasteiger partial charge in [-0.25, -0.2) is 0 Å². The summed E-state index contributed by atoms with van der Waals surface area (Å²) in [6.45, 7) is 0. The average Bonchev–Trinajstić information content (AvgIpc) is 2.50. The summed E-state index contributed by atoms with van der Waals surface area (Å²) in [5, 5.41) is 13.5. The van der Waals surface area contributed by atoms with E-state index in [0.29, 0.717) is 10.8 Å². The average molecular weight is 303 g/mol. The topological polar surface area (TPSA) is 35.8 Å². The second-order valence-corrected chi connectivity index (χ2v) is 5.86. The van der Waals surface area contributed by atoms with Gasteiger partial charge >= 0.3 is 0 Å². The van der Waals surface area contributed by atoms with Crippen molar-refractivity contribution in [2.45, 2.75) is 10.4 Å². The maximum atomic E-state index is 9.61. The fourth-order valence-corrected chi connectivity index (χ4v) is 3.32. The van der Waals surface area contributed by atoms with E-state index in [0.717, 1.165) is 10.5 Å². The molecule has 4 heteroatoms. The highest BCUT2D eigenvalue weighted by Crippen LogP contribution is 2.30. The number of halogens is 1. The highest BCUT2D eigenvalue weighted by Gasteiger charge is 2.30. The molecule has 0 saturated carbocycles. The molecule has 0 amide bonds. The van der Waals surface area contributed by atoms with Crippen molar-refractivity contribution in [2.75, 3.05) is 12.8 Å². The Kier molecular flexibility index (Phi) is 5.08. The largest absolute Gasteiger partial charge is 0.298 e. The van der Waals surface area contributed by atoms with Gasteiger partial charge in [0.25, 0.3) is 0 Å². The molecular formula is C16H15ClN2S. The van der Waals surface area contributed by atoms with Crippen LogP contribution in [0.5, 0.6) is 0 Å². The van der Waals surface area contributed by atoms with Gasteiger partial charge in [-0.15, -0.1) is 11.8 Å². The van der Waals surface area contributed by atoms with Crippen LogP contribution >= 0.6 is 23.4 Å². The van der Waals surface area contributed by atoms with Gasteiger partial charge in [0.2, 0.25) is 0 Å². The molecule has 0 spiro atoms. The number of nitriles is 1. The van der Waals surface area contributed by atoms with Gasteiger partial charge in [0.1, 0.15) is 5.54 Å². The van der Waals surface area contributed by atoms with Gasteiger partial charge < -0.3 is 0 Å². The summed E-state index contributed by atoms with van der Waals surface area (Å²) < 4.78 is 0. The smallest absolute Gasteiger partial charge is 0.141 e. The quantitative estimate of drug-likeness (QED) is 0.846. The molecular weight excluding hydrogens is 288 g/mol. The van der Waals surface area contributed by atoms with E-state index >= 15 is 0 Å². The minimum atomic E-state index is -0.700. The third-order valence-corrected chi connectivity index (χ3v) is 4.54. The molecule has 1 atom stereocenters. The maximum absolute atomic E-state index is 9.61. The molecule has 0 aliphatic heterocycles. The summed E-state index contributed by atoms with van der Waals surface area (Å²) in [5.41, 5.74) is 0.272. The first-order valence-electron chi connectivity index (χ1n) is 6.24. The number of hydrogen-bond donors (Lipinski definition) is 1. The molecule has 0 saturated heterocycles. The van der Waals surface area contributed by atoms with Gasteiger partial charge in [-0.1, -0.05) is 48.0 Å². The zero-order chi connectivity index (χ0) is 14.4. The van der Waals surface area contributed by atoms with Crippen molar-refractivity contribution >= 4 is 23.4 Å². The standard InChI is InChI=1S/C16H15ClN2S/c1-19-16(11-18,13-6-3-2-4-7-13)12-20-15-9-5-8-14(17)10-15/h2-10,19H,12H2,1H3. The van der Waals surface area contributed by atoms with Crippen molar-refractivity contribution in [2.24, 2.45) is 0 Å². The normalized spacial score (nSPS) is 13.4. The molecule has 1 unspecified atom stereocenters. The lowest BCUT2D eigenvalue weighted by Crippen LogP contribution is -2.41. The van der Waals surface area contributed by atoms with Crippen LogP contribution in [-0.2, 0) is 5.54 Å². The lowest BCUT2D eigenvalue weighted by Gasteiger charge is -2.26. The van der Waals surface area contributed by atoms with Crippen LogP contribution in [0, 0.1) is 11.3 Å². The fraction of sp³-hybridized carbons (Fsp3) is 0.188. The first kappa shape index (κ1) is 14.9. The van der Waals surface area contributed by atoms with Crippen LogP contribution in [0.4, 0.5) is 0 Å². The minimum absolute atomic E-state index is 0.615. The molecule has 0 radical (unpaired) electrons. The monoisotopic (exact) mass is 302 g/mol. The Labute approximate surface area is 128 Å². The molecule has 0 aliphatic carbocycles. The van der Waals surface area contributed by atoms with E-state index in [1.54, 1.807) is 11.8 Å². The van der Waals surface area contributed by atoms with Crippen molar-refractivity contribution in [1.29, 1.82) is 5.26 Å². The van der Waals surface area contributed by atoms with Gasteiger partial charge in [0, 0.05) is 15.7 Å². The maximum Gasteiger partial charge on any atom is 0.141 e. The number of benzene rings is 2. The lowest BCUT2D eigenvalue weighted by molar-refractivity contribution is 0.528. The van der Waals surface area contributed by atoms with Crippen molar-refractivity contribution in [1.82, 2.24) is 5.32 Å². The lowest BCUT2D eigenvalue weighted by atomic mass is 9.94. The Morgan fingerprint density at radius 3 is 2.55 bits per heavy atom. The van der Waals surface area contributed by atoms with Crippen LogP contribution < -0.4 is 5.32 Å². The van der Waals surface area contributed by atoms with Gasteiger partial charge in [-0.3, -0.25) is 5.32 Å². The molecule has 20 heavy (non-hydrogen) atoms. The van der Waals surface area contributed by atoms with Crippen LogP contribution in [-0.4, -0.2) is 12.8 Å². The third kappa shape index (κ3) is 3.34. The zero-order valence-corrected chi connectivity index (χ0v) is 12.7. The van der Waals surface area contributed by atoms with Crippen molar-refractivity contribution in [3.63, 3.8) is 0 Å². The molecule has 2 nitrogen and oxygen atoms in total. The second-order valence-electron chi connectivity index (χ2n) is 4.38. The molecule has 0 bridgehead atoms. The SMILES string of the molecule is CNC(C#N)(CSc1cccc(Cl)c1)c1ccccc1. The predicted molar refractivity (Wildman–Crippen MR) is 85.0 cm³/mol. The van der Waals surface area contributed by atoms with E-state index in [2.05, 4.69) is 11.4 Å². The van der Waals surface area contributed by atoms with E-state index in [4.69, 9.17) is 11.6 Å². The highest BCUT2D eigenvalue weighted by atomic mass is 35.5. The molecule has 0 aromatic heterocycles. The summed E-state index contributed by atoms with van der Waals surface area (Å²) in [7, 11) is 1.81. The van der Waals surface area contributed by atoms with Gasteiger partial charge in [0.15, 0.2) is 0 Å². The van der Waals surface area contributed by atoms with Crippen LogP contribution in [0.15, 0.2) is 59.5 Å². The number of nitrogens with one attached hydrogen (secondary N) is 1. The third-order valence-electron chi connectivity index (χ3n) is 3.14. The zero-order valence-electron chi connectivity index (χ0n) is 11.1. The molecule has 0 aliphatic rings. The Morgan fingerprint density at radius 1 is 1.20 bits per heavy atom. The van der Waals surface area contributed by atoms with Crippen molar-refractivity contribution in [3.05, 3.63) is 65.2 Å². The fourth-order valence-electron chi connectivity index (χ4n) is 1.92.